The number of thiazole rings is 1. The average molecular weight is 279 g/mol. The Morgan fingerprint density at radius 3 is 2.79 bits per heavy atom. The van der Waals surface area contributed by atoms with Gasteiger partial charge in [0.15, 0.2) is 5.13 Å². The van der Waals surface area contributed by atoms with Gasteiger partial charge in [-0.2, -0.15) is 0 Å². The summed E-state index contributed by atoms with van der Waals surface area (Å²) in [5, 5.41) is 8.43. The maximum Gasteiger partial charge on any atom is 0.260 e. The van der Waals surface area contributed by atoms with Crippen molar-refractivity contribution in [2.75, 3.05) is 12.4 Å². The molecule has 0 radical (unpaired) electrons. The van der Waals surface area contributed by atoms with Gasteiger partial charge in [0.25, 0.3) is 5.91 Å². The second-order valence-electron chi connectivity index (χ2n) is 4.37. The number of aryl methyl sites for hydroxylation is 2. The van der Waals surface area contributed by atoms with Crippen LogP contribution in [-0.4, -0.2) is 17.9 Å². The largest absolute Gasteiger partial charge is 0.466 e. The van der Waals surface area contributed by atoms with Crippen molar-refractivity contribution in [3.8, 4) is 0 Å². The Balaban J connectivity index is 2.11. The van der Waals surface area contributed by atoms with Crippen LogP contribution in [0.25, 0.3) is 0 Å². The summed E-state index contributed by atoms with van der Waals surface area (Å²) >= 11 is 1.42. The van der Waals surface area contributed by atoms with E-state index < -0.39 is 0 Å². The lowest BCUT2D eigenvalue weighted by atomic mass is 10.2. The van der Waals surface area contributed by atoms with E-state index >= 15 is 0 Å². The van der Waals surface area contributed by atoms with E-state index in [2.05, 4.69) is 15.6 Å². The Hall–Kier alpha value is -1.66. The maximum atomic E-state index is 12.1. The van der Waals surface area contributed by atoms with Gasteiger partial charge in [0.05, 0.1) is 11.3 Å². The van der Waals surface area contributed by atoms with Crippen molar-refractivity contribution in [2.45, 2.75) is 26.8 Å². The lowest BCUT2D eigenvalue weighted by Gasteiger charge is -2.05. The number of hydrogen-bond donors (Lipinski definition) is 2. The topological polar surface area (TPSA) is 67.2 Å². The third kappa shape index (κ3) is 3.02. The van der Waals surface area contributed by atoms with Crippen molar-refractivity contribution in [2.24, 2.45) is 0 Å². The van der Waals surface area contributed by atoms with Crippen LogP contribution in [0.5, 0.6) is 0 Å². The number of carbonyl (C=O) groups excluding carboxylic acids is 1. The van der Waals surface area contributed by atoms with Crippen molar-refractivity contribution < 1.29 is 9.21 Å². The highest BCUT2D eigenvalue weighted by Gasteiger charge is 2.15. The molecule has 0 aliphatic carbocycles. The minimum absolute atomic E-state index is 0.166. The Morgan fingerprint density at radius 1 is 1.47 bits per heavy atom. The first-order chi connectivity index (χ1) is 9.01. The molecule has 0 aliphatic heterocycles. The molecule has 0 aromatic carbocycles. The van der Waals surface area contributed by atoms with Gasteiger partial charge in [-0.25, -0.2) is 4.98 Å². The minimum atomic E-state index is -0.188. The van der Waals surface area contributed by atoms with E-state index in [1.165, 1.54) is 11.3 Å². The van der Waals surface area contributed by atoms with Gasteiger partial charge in [-0.1, -0.05) is 0 Å². The van der Waals surface area contributed by atoms with Gasteiger partial charge in [-0.3, -0.25) is 10.1 Å². The molecule has 5 nitrogen and oxygen atoms in total. The molecule has 0 aliphatic rings. The van der Waals surface area contributed by atoms with Crippen molar-refractivity contribution in [1.29, 1.82) is 0 Å². The highest BCUT2D eigenvalue weighted by molar-refractivity contribution is 7.14. The van der Waals surface area contributed by atoms with E-state index in [-0.39, 0.29) is 11.9 Å². The molecule has 2 aromatic heterocycles. The number of anilines is 1. The lowest BCUT2D eigenvalue weighted by molar-refractivity contribution is 0.102. The number of aromatic nitrogens is 1. The van der Waals surface area contributed by atoms with Gasteiger partial charge in [-0.05, 0) is 33.9 Å². The van der Waals surface area contributed by atoms with Gasteiger partial charge >= 0.3 is 0 Å². The second kappa shape index (κ2) is 5.54. The molecule has 6 heteroatoms. The van der Waals surface area contributed by atoms with E-state index in [0.717, 1.165) is 11.5 Å². The Morgan fingerprint density at radius 2 is 2.21 bits per heavy atom. The van der Waals surface area contributed by atoms with Gasteiger partial charge < -0.3 is 9.73 Å². The van der Waals surface area contributed by atoms with Crippen molar-refractivity contribution >= 4 is 22.4 Å². The van der Waals surface area contributed by atoms with Crippen LogP contribution >= 0.6 is 11.3 Å². The molecule has 0 spiro atoms. The standard InChI is InChI=1S/C13H17N3O2S/c1-7-5-10(9(3)18-7)12(17)16-13-15-11(6-19-13)8(2)14-4/h5-6,8,14H,1-4H3,(H,15,16,17). The summed E-state index contributed by atoms with van der Waals surface area (Å²) in [7, 11) is 1.87. The van der Waals surface area contributed by atoms with Crippen LogP contribution in [0, 0.1) is 13.8 Å². The highest BCUT2D eigenvalue weighted by atomic mass is 32.1. The number of nitrogens with zero attached hydrogens (tertiary/aromatic N) is 1. The third-order valence-electron chi connectivity index (χ3n) is 2.90. The minimum Gasteiger partial charge on any atom is -0.466 e. The number of nitrogens with one attached hydrogen (secondary N) is 2. The molecule has 2 N–H and O–H groups in total. The fraction of sp³-hybridized carbons (Fsp3) is 0.385. The molecule has 19 heavy (non-hydrogen) atoms. The molecule has 2 rings (SSSR count). The number of hydrogen-bond acceptors (Lipinski definition) is 5. The van der Waals surface area contributed by atoms with Crippen molar-refractivity contribution in [3.05, 3.63) is 34.2 Å². The zero-order valence-corrected chi connectivity index (χ0v) is 12.2. The van der Waals surface area contributed by atoms with Gasteiger partial charge in [0, 0.05) is 11.4 Å². The van der Waals surface area contributed by atoms with Crippen LogP contribution in [0.4, 0.5) is 5.13 Å². The quantitative estimate of drug-likeness (QED) is 0.903. The van der Waals surface area contributed by atoms with Crippen molar-refractivity contribution in [1.82, 2.24) is 10.3 Å². The molecule has 0 bridgehead atoms. The van der Waals surface area contributed by atoms with E-state index in [1.54, 1.807) is 13.0 Å². The molecule has 1 unspecified atom stereocenters. The zero-order valence-electron chi connectivity index (χ0n) is 11.4. The van der Waals surface area contributed by atoms with Crippen LogP contribution in [0.3, 0.4) is 0 Å². The molecule has 0 saturated carbocycles. The number of carbonyl (C=O) groups is 1. The first-order valence-corrected chi connectivity index (χ1v) is 6.90. The zero-order chi connectivity index (χ0) is 14.0. The van der Waals surface area contributed by atoms with Crippen LogP contribution in [0.15, 0.2) is 15.9 Å². The molecular weight excluding hydrogens is 262 g/mol. The molecule has 1 amide bonds. The molecule has 2 aromatic rings. The SMILES string of the molecule is CNC(C)c1csc(NC(=O)c2cc(C)oc2C)n1. The normalized spacial score (nSPS) is 12.4. The van der Waals surface area contributed by atoms with E-state index in [1.807, 2.05) is 26.3 Å². The van der Waals surface area contributed by atoms with Crippen LogP contribution in [-0.2, 0) is 0 Å². The molecule has 1 atom stereocenters. The first kappa shape index (κ1) is 13.8. The van der Waals surface area contributed by atoms with Gasteiger partial charge in [-0.15, -0.1) is 11.3 Å². The number of furan rings is 1. The Labute approximate surface area is 116 Å². The average Bonchev–Trinajstić information content (AvgIpc) is 2.95. The predicted molar refractivity (Wildman–Crippen MR) is 75.7 cm³/mol. The Bertz CT molecular complexity index is 588. The van der Waals surface area contributed by atoms with E-state index in [9.17, 15) is 4.79 Å². The number of rotatable bonds is 4. The fourth-order valence-corrected chi connectivity index (χ4v) is 2.51. The first-order valence-electron chi connectivity index (χ1n) is 6.02. The summed E-state index contributed by atoms with van der Waals surface area (Å²) in [6.07, 6.45) is 0. The monoisotopic (exact) mass is 279 g/mol. The molecule has 102 valence electrons. The summed E-state index contributed by atoms with van der Waals surface area (Å²) < 4.78 is 5.35. The molecular formula is C13H17N3O2S. The van der Waals surface area contributed by atoms with Crippen LogP contribution in [0.2, 0.25) is 0 Å². The third-order valence-corrected chi connectivity index (χ3v) is 3.68. The second-order valence-corrected chi connectivity index (χ2v) is 5.23. The summed E-state index contributed by atoms with van der Waals surface area (Å²) in [6.45, 7) is 5.61. The summed E-state index contributed by atoms with van der Waals surface area (Å²) in [4.78, 5) is 16.5. The van der Waals surface area contributed by atoms with Crippen molar-refractivity contribution in [3.63, 3.8) is 0 Å². The fourth-order valence-electron chi connectivity index (χ4n) is 1.71. The molecule has 0 saturated heterocycles. The summed E-state index contributed by atoms with van der Waals surface area (Å²) in [5.74, 6) is 1.16. The summed E-state index contributed by atoms with van der Waals surface area (Å²) in [5.41, 5.74) is 1.47. The summed E-state index contributed by atoms with van der Waals surface area (Å²) in [6, 6.07) is 1.90. The number of amides is 1. The Kier molecular flexibility index (Phi) is 4.01. The molecule has 0 fully saturated rings. The van der Waals surface area contributed by atoms with Crippen LogP contribution in [0.1, 0.15) is 40.5 Å². The highest BCUT2D eigenvalue weighted by Crippen LogP contribution is 2.22. The van der Waals surface area contributed by atoms with Crippen LogP contribution < -0.4 is 10.6 Å². The maximum absolute atomic E-state index is 12.1. The molecule has 2 heterocycles. The smallest absolute Gasteiger partial charge is 0.260 e. The van der Waals surface area contributed by atoms with Gasteiger partial charge in [0.1, 0.15) is 11.5 Å². The lowest BCUT2D eigenvalue weighted by Crippen LogP contribution is -2.14. The van der Waals surface area contributed by atoms with E-state index in [0.29, 0.717) is 16.5 Å². The van der Waals surface area contributed by atoms with Gasteiger partial charge in [0.2, 0.25) is 0 Å². The predicted octanol–water partition coefficient (Wildman–Crippen LogP) is 2.89. The van der Waals surface area contributed by atoms with E-state index in [4.69, 9.17) is 4.42 Å².